The third-order valence-corrected chi connectivity index (χ3v) is 3.74. The van der Waals surface area contributed by atoms with Gasteiger partial charge < -0.3 is 15.2 Å². The van der Waals surface area contributed by atoms with Crippen LogP contribution in [0, 0.1) is 0 Å². The molecule has 1 atom stereocenters. The lowest BCUT2D eigenvalue weighted by Gasteiger charge is -2.25. The maximum absolute atomic E-state index is 12.5. The molecule has 1 heterocycles. The first kappa shape index (κ1) is 18.6. The molecule has 5 nitrogen and oxygen atoms in total. The van der Waals surface area contributed by atoms with Gasteiger partial charge in [-0.3, -0.25) is 0 Å². The molecule has 134 valence electrons. The maximum atomic E-state index is 12.5. The number of pyridine rings is 1. The van der Waals surface area contributed by atoms with Crippen LogP contribution in [0.15, 0.2) is 42.6 Å². The van der Waals surface area contributed by atoms with E-state index in [1.807, 2.05) is 0 Å². The Morgan fingerprint density at radius 3 is 2.28 bits per heavy atom. The fraction of sp³-hybridized carbons (Fsp3) is 0.294. The van der Waals surface area contributed by atoms with E-state index < -0.39 is 23.2 Å². The van der Waals surface area contributed by atoms with Crippen molar-refractivity contribution in [3.63, 3.8) is 0 Å². The molecule has 2 rings (SSSR count). The number of benzene rings is 1. The summed E-state index contributed by atoms with van der Waals surface area (Å²) in [6, 6.07) is 8.40. The highest BCUT2D eigenvalue weighted by Gasteiger charge is 2.31. The molecular weight excluding hydrogens is 337 g/mol. The number of hydrogen-bond donors (Lipinski definition) is 2. The van der Waals surface area contributed by atoms with Crippen molar-refractivity contribution < 1.29 is 27.8 Å². The molecule has 0 fully saturated rings. The summed E-state index contributed by atoms with van der Waals surface area (Å²) in [5, 5.41) is 12.2. The Morgan fingerprint density at radius 2 is 1.84 bits per heavy atom. The Balaban J connectivity index is 2.07. The van der Waals surface area contributed by atoms with Crippen LogP contribution < -0.4 is 10.1 Å². The minimum absolute atomic E-state index is 0.0256. The number of ether oxygens (including phenoxy) is 1. The van der Waals surface area contributed by atoms with Crippen LogP contribution in [0.25, 0.3) is 0 Å². The summed E-state index contributed by atoms with van der Waals surface area (Å²) in [6.07, 6.45) is -3.37. The third-order valence-electron chi connectivity index (χ3n) is 3.74. The van der Waals surface area contributed by atoms with Gasteiger partial charge >= 0.3 is 12.1 Å². The van der Waals surface area contributed by atoms with Gasteiger partial charge in [0, 0.05) is 18.0 Å². The van der Waals surface area contributed by atoms with Crippen LogP contribution in [0.1, 0.15) is 25.8 Å². The molecule has 25 heavy (non-hydrogen) atoms. The first-order valence-corrected chi connectivity index (χ1v) is 7.47. The molecule has 8 heteroatoms. The Bertz CT molecular complexity index is 730. The van der Waals surface area contributed by atoms with Gasteiger partial charge in [-0.05, 0) is 43.7 Å². The molecule has 2 aromatic rings. The van der Waals surface area contributed by atoms with Gasteiger partial charge in [-0.25, -0.2) is 9.78 Å². The molecular formula is C17H17F3N2O3. The number of hydrogen-bond acceptors (Lipinski definition) is 4. The smallest absolute Gasteiger partial charge is 0.417 e. The fourth-order valence-electron chi connectivity index (χ4n) is 1.95. The second-order valence-corrected chi connectivity index (χ2v) is 5.63. The van der Waals surface area contributed by atoms with Crippen molar-refractivity contribution in [3.05, 3.63) is 48.2 Å². The summed E-state index contributed by atoms with van der Waals surface area (Å²) in [7, 11) is 0. The Kier molecular flexibility index (Phi) is 5.20. The molecule has 0 aliphatic carbocycles. The molecule has 0 spiro atoms. The van der Waals surface area contributed by atoms with Gasteiger partial charge in [-0.1, -0.05) is 6.92 Å². The fourth-order valence-corrected chi connectivity index (χ4v) is 1.95. The molecule has 0 saturated carbocycles. The number of nitrogens with zero attached hydrogens (tertiary/aromatic N) is 1. The van der Waals surface area contributed by atoms with Crippen molar-refractivity contribution in [2.24, 2.45) is 0 Å². The summed E-state index contributed by atoms with van der Waals surface area (Å²) in [6.45, 7) is 3.33. The third kappa shape index (κ3) is 4.62. The molecule has 2 N–H and O–H groups in total. The number of aromatic nitrogens is 1. The van der Waals surface area contributed by atoms with Gasteiger partial charge in [-0.2, -0.15) is 13.2 Å². The highest BCUT2D eigenvalue weighted by molar-refractivity contribution is 5.82. The zero-order valence-corrected chi connectivity index (χ0v) is 13.6. The maximum Gasteiger partial charge on any atom is 0.417 e. The van der Waals surface area contributed by atoms with Gasteiger partial charge in [0.2, 0.25) is 5.88 Å². The first-order valence-electron chi connectivity index (χ1n) is 7.47. The van der Waals surface area contributed by atoms with E-state index in [4.69, 9.17) is 4.74 Å². The molecule has 1 aromatic heterocycles. The van der Waals surface area contributed by atoms with Gasteiger partial charge in [-0.15, -0.1) is 0 Å². The van der Waals surface area contributed by atoms with Crippen LogP contribution in [0.2, 0.25) is 0 Å². The number of carboxylic acid groups (broad SMARTS) is 1. The quantitative estimate of drug-likeness (QED) is 0.796. The van der Waals surface area contributed by atoms with Crippen molar-refractivity contribution in [3.8, 4) is 11.6 Å². The van der Waals surface area contributed by atoms with Crippen molar-refractivity contribution in [2.45, 2.75) is 32.0 Å². The lowest BCUT2D eigenvalue weighted by Crippen LogP contribution is -2.42. The number of alkyl halides is 3. The topological polar surface area (TPSA) is 71.5 Å². The molecule has 1 aromatic carbocycles. The number of nitrogens with one attached hydrogen (secondary N) is 1. The summed E-state index contributed by atoms with van der Waals surface area (Å²) < 4.78 is 42.8. The van der Waals surface area contributed by atoms with E-state index in [-0.39, 0.29) is 5.88 Å². The van der Waals surface area contributed by atoms with Gasteiger partial charge in [0.25, 0.3) is 0 Å². The monoisotopic (exact) mass is 354 g/mol. The van der Waals surface area contributed by atoms with Crippen LogP contribution in [0.5, 0.6) is 11.6 Å². The Hall–Kier alpha value is -2.77. The molecule has 0 radical (unpaired) electrons. The lowest BCUT2D eigenvalue weighted by atomic mass is 9.99. The highest BCUT2D eigenvalue weighted by atomic mass is 19.4. The van der Waals surface area contributed by atoms with Crippen LogP contribution in [-0.2, 0) is 11.0 Å². The molecule has 1 unspecified atom stereocenters. The second kappa shape index (κ2) is 7.00. The van der Waals surface area contributed by atoms with Gasteiger partial charge in [0.1, 0.15) is 11.3 Å². The predicted molar refractivity (Wildman–Crippen MR) is 85.7 cm³/mol. The van der Waals surface area contributed by atoms with E-state index in [9.17, 15) is 23.1 Å². The van der Waals surface area contributed by atoms with Crippen molar-refractivity contribution >= 4 is 11.7 Å². The van der Waals surface area contributed by atoms with Crippen LogP contribution >= 0.6 is 0 Å². The summed E-state index contributed by atoms with van der Waals surface area (Å²) in [5.74, 6) is -0.576. The number of carbonyl (C=O) groups is 1. The minimum Gasteiger partial charge on any atom is -0.480 e. The van der Waals surface area contributed by atoms with E-state index in [0.29, 0.717) is 24.1 Å². The van der Waals surface area contributed by atoms with Crippen molar-refractivity contribution in [2.75, 3.05) is 5.32 Å². The Labute approximate surface area is 142 Å². The lowest BCUT2D eigenvalue weighted by molar-refractivity contribution is -0.142. The number of anilines is 1. The van der Waals surface area contributed by atoms with Crippen molar-refractivity contribution in [1.82, 2.24) is 4.98 Å². The standard InChI is InChI=1S/C17H17F3N2O3/c1-3-16(2,15(23)24)22-12-5-7-13(8-6-12)25-14-9-4-11(10-21-14)17(18,19)20/h4-10,22H,3H2,1-2H3,(H,23,24). The summed E-state index contributed by atoms with van der Waals surface area (Å²) in [5.41, 5.74) is -1.37. The zero-order chi connectivity index (χ0) is 18.7. The van der Waals surface area contributed by atoms with E-state index in [2.05, 4.69) is 10.3 Å². The number of carboxylic acids is 1. The predicted octanol–water partition coefficient (Wildman–Crippen LogP) is 4.56. The molecule has 0 amide bonds. The first-order chi connectivity index (χ1) is 11.6. The molecule has 0 bridgehead atoms. The molecule has 0 aliphatic rings. The number of aliphatic carboxylic acids is 1. The minimum atomic E-state index is -4.45. The van der Waals surface area contributed by atoms with E-state index >= 15 is 0 Å². The SMILES string of the molecule is CCC(C)(Nc1ccc(Oc2ccc(C(F)(F)F)cn2)cc1)C(=O)O. The normalized spacial score (nSPS) is 13.8. The number of halogens is 3. The average Bonchev–Trinajstić information content (AvgIpc) is 2.56. The Morgan fingerprint density at radius 1 is 1.20 bits per heavy atom. The van der Waals surface area contributed by atoms with Gasteiger partial charge in [0.05, 0.1) is 5.56 Å². The van der Waals surface area contributed by atoms with Crippen LogP contribution in [0.4, 0.5) is 18.9 Å². The van der Waals surface area contributed by atoms with Crippen LogP contribution in [0.3, 0.4) is 0 Å². The zero-order valence-electron chi connectivity index (χ0n) is 13.6. The van der Waals surface area contributed by atoms with Crippen molar-refractivity contribution in [1.29, 1.82) is 0 Å². The highest BCUT2D eigenvalue weighted by Crippen LogP contribution is 2.30. The largest absolute Gasteiger partial charge is 0.480 e. The molecule has 0 aliphatic heterocycles. The second-order valence-electron chi connectivity index (χ2n) is 5.63. The molecule has 0 saturated heterocycles. The van der Waals surface area contributed by atoms with E-state index in [0.717, 1.165) is 12.1 Å². The van der Waals surface area contributed by atoms with Gasteiger partial charge in [0.15, 0.2) is 0 Å². The number of rotatable bonds is 6. The van der Waals surface area contributed by atoms with E-state index in [1.54, 1.807) is 38.1 Å². The summed E-state index contributed by atoms with van der Waals surface area (Å²) in [4.78, 5) is 14.9. The van der Waals surface area contributed by atoms with E-state index in [1.165, 1.54) is 0 Å². The summed E-state index contributed by atoms with van der Waals surface area (Å²) >= 11 is 0. The average molecular weight is 354 g/mol. The van der Waals surface area contributed by atoms with Crippen LogP contribution in [-0.4, -0.2) is 21.6 Å².